The lowest BCUT2D eigenvalue weighted by molar-refractivity contribution is -0.148. The molecule has 0 spiro atoms. The van der Waals surface area contributed by atoms with Crippen LogP contribution in [0, 0.1) is 18.3 Å². The van der Waals surface area contributed by atoms with Crippen molar-refractivity contribution in [2.24, 2.45) is 11.3 Å². The molecule has 0 unspecified atom stereocenters. The third-order valence-corrected chi connectivity index (χ3v) is 7.36. The molecular formula is C17H24N4O4S. The van der Waals surface area contributed by atoms with Gasteiger partial charge in [-0.25, -0.2) is 22.7 Å². The van der Waals surface area contributed by atoms with Gasteiger partial charge in [-0.05, 0) is 25.8 Å². The van der Waals surface area contributed by atoms with E-state index in [1.54, 1.807) is 0 Å². The van der Waals surface area contributed by atoms with Gasteiger partial charge in [-0.15, -0.1) is 0 Å². The SMILES string of the molecule is Cc1cc(C2CCC2)nc(N2C[C@@H]3CN(S(C)(=O)=O)C[C@]3(C(=O)O)C2)n1. The predicted molar refractivity (Wildman–Crippen MR) is 95.5 cm³/mol. The van der Waals surface area contributed by atoms with Crippen molar-refractivity contribution in [2.75, 3.05) is 37.3 Å². The molecule has 3 aliphatic rings. The van der Waals surface area contributed by atoms with Gasteiger partial charge >= 0.3 is 5.97 Å². The van der Waals surface area contributed by atoms with Crippen molar-refractivity contribution in [3.05, 3.63) is 17.5 Å². The molecule has 0 radical (unpaired) electrons. The summed E-state index contributed by atoms with van der Waals surface area (Å²) in [5.41, 5.74) is 0.835. The maximum Gasteiger partial charge on any atom is 0.313 e. The molecule has 2 saturated heterocycles. The van der Waals surface area contributed by atoms with Crippen LogP contribution in [-0.4, -0.2) is 66.2 Å². The molecule has 1 aromatic rings. The van der Waals surface area contributed by atoms with E-state index in [4.69, 9.17) is 4.98 Å². The molecule has 3 heterocycles. The van der Waals surface area contributed by atoms with Crippen LogP contribution >= 0.6 is 0 Å². The van der Waals surface area contributed by atoms with Crippen LogP contribution in [0.5, 0.6) is 0 Å². The second kappa shape index (κ2) is 5.88. The molecule has 8 nitrogen and oxygen atoms in total. The molecule has 9 heteroatoms. The summed E-state index contributed by atoms with van der Waals surface area (Å²) in [5.74, 6) is -0.145. The number of anilines is 1. The molecule has 142 valence electrons. The van der Waals surface area contributed by atoms with Crippen LogP contribution in [0.15, 0.2) is 6.07 Å². The summed E-state index contributed by atoms with van der Waals surface area (Å²) in [5, 5.41) is 9.88. The first kappa shape index (κ1) is 17.7. The van der Waals surface area contributed by atoms with Gasteiger partial charge in [0.05, 0.1) is 6.26 Å². The van der Waals surface area contributed by atoms with Crippen molar-refractivity contribution in [2.45, 2.75) is 32.1 Å². The van der Waals surface area contributed by atoms with Gasteiger partial charge in [0.25, 0.3) is 0 Å². The number of aliphatic carboxylic acids is 1. The molecule has 4 rings (SSSR count). The lowest BCUT2D eigenvalue weighted by Crippen LogP contribution is -2.42. The van der Waals surface area contributed by atoms with Crippen LogP contribution in [0.4, 0.5) is 5.95 Å². The highest BCUT2D eigenvalue weighted by molar-refractivity contribution is 7.88. The summed E-state index contributed by atoms with van der Waals surface area (Å²) >= 11 is 0. The highest BCUT2D eigenvalue weighted by Gasteiger charge is 2.59. The summed E-state index contributed by atoms with van der Waals surface area (Å²) in [6.45, 7) is 2.90. The zero-order valence-corrected chi connectivity index (χ0v) is 15.9. The first-order valence-corrected chi connectivity index (χ1v) is 10.8. The Morgan fingerprint density at radius 1 is 1.27 bits per heavy atom. The number of sulfonamides is 1. The van der Waals surface area contributed by atoms with Crippen LogP contribution in [0.2, 0.25) is 0 Å². The van der Waals surface area contributed by atoms with Crippen LogP contribution in [-0.2, 0) is 14.8 Å². The summed E-state index contributed by atoms with van der Waals surface area (Å²) in [6, 6.07) is 2.02. The summed E-state index contributed by atoms with van der Waals surface area (Å²) < 4.78 is 25.1. The predicted octanol–water partition coefficient (Wildman–Crippen LogP) is 0.835. The fraction of sp³-hybridized carbons (Fsp3) is 0.706. The summed E-state index contributed by atoms with van der Waals surface area (Å²) in [7, 11) is -3.40. The first-order chi connectivity index (χ1) is 12.2. The second-order valence-electron chi connectivity index (χ2n) is 7.96. The molecule has 0 aromatic carbocycles. The van der Waals surface area contributed by atoms with E-state index in [1.165, 1.54) is 10.7 Å². The Bertz CT molecular complexity index is 854. The van der Waals surface area contributed by atoms with Crippen molar-refractivity contribution in [3.63, 3.8) is 0 Å². The normalized spacial score (nSPS) is 29.6. The Labute approximate surface area is 153 Å². The minimum Gasteiger partial charge on any atom is -0.481 e. The van der Waals surface area contributed by atoms with E-state index < -0.39 is 21.4 Å². The van der Waals surface area contributed by atoms with Crippen molar-refractivity contribution >= 4 is 21.9 Å². The zero-order valence-electron chi connectivity index (χ0n) is 15.1. The third kappa shape index (κ3) is 2.77. The van der Waals surface area contributed by atoms with Crippen LogP contribution in [0.1, 0.15) is 36.6 Å². The molecule has 1 aliphatic carbocycles. The average molecular weight is 380 g/mol. The second-order valence-corrected chi connectivity index (χ2v) is 9.94. The zero-order chi connectivity index (χ0) is 18.7. The highest BCUT2D eigenvalue weighted by Crippen LogP contribution is 2.45. The number of fused-ring (bicyclic) bond motifs is 1. The van der Waals surface area contributed by atoms with Gasteiger partial charge in [0.15, 0.2) is 0 Å². The Hall–Kier alpha value is -1.74. The fourth-order valence-corrected chi connectivity index (χ4v) is 5.27. The average Bonchev–Trinajstić information content (AvgIpc) is 2.99. The monoisotopic (exact) mass is 380 g/mol. The van der Waals surface area contributed by atoms with Gasteiger partial charge in [-0.3, -0.25) is 4.79 Å². The van der Waals surface area contributed by atoms with E-state index in [0.29, 0.717) is 18.4 Å². The smallest absolute Gasteiger partial charge is 0.313 e. The highest BCUT2D eigenvalue weighted by atomic mass is 32.2. The number of aromatic nitrogens is 2. The number of hydrogen-bond donors (Lipinski definition) is 1. The Morgan fingerprint density at radius 2 is 2.00 bits per heavy atom. The Morgan fingerprint density at radius 3 is 2.54 bits per heavy atom. The first-order valence-electron chi connectivity index (χ1n) is 8.98. The number of hydrogen-bond acceptors (Lipinski definition) is 6. The van der Waals surface area contributed by atoms with Gasteiger partial charge in [0.2, 0.25) is 16.0 Å². The number of aryl methyl sites for hydroxylation is 1. The van der Waals surface area contributed by atoms with Gasteiger partial charge in [0.1, 0.15) is 5.41 Å². The van der Waals surface area contributed by atoms with Gasteiger partial charge < -0.3 is 10.0 Å². The van der Waals surface area contributed by atoms with E-state index in [2.05, 4.69) is 4.98 Å². The quantitative estimate of drug-likeness (QED) is 0.825. The lowest BCUT2D eigenvalue weighted by atomic mass is 9.81. The topological polar surface area (TPSA) is 104 Å². The number of carbonyl (C=O) groups is 1. The molecule has 2 atom stereocenters. The fourth-order valence-electron chi connectivity index (χ4n) is 4.36. The molecular weight excluding hydrogens is 356 g/mol. The minimum atomic E-state index is -3.40. The molecule has 1 aromatic heterocycles. The number of carboxylic acids is 1. The number of nitrogens with zero attached hydrogens (tertiary/aromatic N) is 4. The van der Waals surface area contributed by atoms with Crippen molar-refractivity contribution in [1.29, 1.82) is 0 Å². The maximum atomic E-state index is 12.1. The largest absolute Gasteiger partial charge is 0.481 e. The van der Waals surface area contributed by atoms with Crippen LogP contribution in [0.3, 0.4) is 0 Å². The number of carboxylic acid groups (broad SMARTS) is 1. The Kier molecular flexibility index (Phi) is 4.00. The maximum absolute atomic E-state index is 12.1. The minimum absolute atomic E-state index is 0.0175. The van der Waals surface area contributed by atoms with Crippen molar-refractivity contribution in [1.82, 2.24) is 14.3 Å². The summed E-state index contributed by atoms with van der Waals surface area (Å²) in [4.78, 5) is 23.2. The molecule has 2 aliphatic heterocycles. The van der Waals surface area contributed by atoms with E-state index in [1.807, 2.05) is 17.9 Å². The molecule has 3 fully saturated rings. The van der Waals surface area contributed by atoms with Gasteiger partial charge in [0, 0.05) is 49.4 Å². The summed E-state index contributed by atoms with van der Waals surface area (Å²) in [6.07, 6.45) is 4.63. The van der Waals surface area contributed by atoms with E-state index in [0.717, 1.165) is 30.5 Å². The number of rotatable bonds is 4. The van der Waals surface area contributed by atoms with Crippen LogP contribution < -0.4 is 4.90 Å². The van der Waals surface area contributed by atoms with E-state index in [-0.39, 0.29) is 25.6 Å². The van der Waals surface area contributed by atoms with Gasteiger partial charge in [-0.2, -0.15) is 0 Å². The molecule has 1 N–H and O–H groups in total. The van der Waals surface area contributed by atoms with Gasteiger partial charge in [-0.1, -0.05) is 6.42 Å². The lowest BCUT2D eigenvalue weighted by Gasteiger charge is -2.27. The van der Waals surface area contributed by atoms with E-state index >= 15 is 0 Å². The standard InChI is InChI=1S/C17H24N4O4S/c1-11-6-14(12-4-3-5-12)19-16(18-11)20-7-13-8-21(26(2,24)25)10-17(13,9-20)15(22)23/h6,12-13H,3-5,7-10H2,1-2H3,(H,22,23)/t13-,17-/m1/s1. The molecule has 26 heavy (non-hydrogen) atoms. The van der Waals surface area contributed by atoms with Crippen molar-refractivity contribution < 1.29 is 18.3 Å². The molecule has 0 bridgehead atoms. The van der Waals surface area contributed by atoms with E-state index in [9.17, 15) is 18.3 Å². The van der Waals surface area contributed by atoms with Crippen molar-refractivity contribution in [3.8, 4) is 0 Å². The third-order valence-electron chi connectivity index (χ3n) is 6.14. The van der Waals surface area contributed by atoms with Crippen LogP contribution in [0.25, 0.3) is 0 Å². The Balaban J connectivity index is 1.62. The molecule has 1 saturated carbocycles. The molecule has 0 amide bonds.